The first-order valence-corrected chi connectivity index (χ1v) is 5.81. The molecule has 0 amide bonds. The van der Waals surface area contributed by atoms with Crippen LogP contribution in [0.25, 0.3) is 0 Å². The summed E-state index contributed by atoms with van der Waals surface area (Å²) < 4.78 is 10.6. The molecule has 0 aliphatic rings. The van der Waals surface area contributed by atoms with Crippen LogP contribution in [0.2, 0.25) is 0 Å². The summed E-state index contributed by atoms with van der Waals surface area (Å²) in [4.78, 5) is 11.4. The van der Waals surface area contributed by atoms with E-state index in [1.54, 1.807) is 0 Å². The van der Waals surface area contributed by atoms with E-state index >= 15 is 0 Å². The topological polar surface area (TPSA) is 35.5 Å². The Labute approximate surface area is 103 Å². The van der Waals surface area contributed by atoms with Crippen LogP contribution in [0.4, 0.5) is 0 Å². The van der Waals surface area contributed by atoms with Gasteiger partial charge in [-0.15, -0.1) is 0 Å². The molecule has 0 N–H and O–H groups in total. The smallest absolute Gasteiger partial charge is 0.308 e. The van der Waals surface area contributed by atoms with Gasteiger partial charge in [-0.25, -0.2) is 0 Å². The van der Waals surface area contributed by atoms with Gasteiger partial charge in [-0.1, -0.05) is 30.3 Å². The number of carbonyl (C=O) groups excluding carboxylic acids is 1. The number of rotatable bonds is 5. The molecule has 0 saturated carbocycles. The molecule has 0 radical (unpaired) electrons. The first kappa shape index (κ1) is 13.7. The normalized spacial score (nSPS) is 11.2. The monoisotopic (exact) mass is 236 g/mol. The van der Waals surface area contributed by atoms with Crippen molar-refractivity contribution in [1.29, 1.82) is 0 Å². The molecule has 17 heavy (non-hydrogen) atoms. The molecule has 0 aromatic heterocycles. The van der Waals surface area contributed by atoms with Gasteiger partial charge in [-0.05, 0) is 26.3 Å². The molecule has 1 aromatic carbocycles. The van der Waals surface area contributed by atoms with Crippen LogP contribution in [0.15, 0.2) is 30.3 Å². The number of ether oxygens (including phenoxy) is 2. The molecule has 0 atom stereocenters. The highest BCUT2D eigenvalue weighted by atomic mass is 16.5. The van der Waals surface area contributed by atoms with Gasteiger partial charge in [-0.2, -0.15) is 0 Å². The van der Waals surface area contributed by atoms with Crippen LogP contribution in [-0.4, -0.2) is 18.2 Å². The van der Waals surface area contributed by atoms with Gasteiger partial charge in [-0.3, -0.25) is 4.79 Å². The second kappa shape index (κ2) is 6.40. The van der Waals surface area contributed by atoms with Gasteiger partial charge < -0.3 is 9.47 Å². The highest BCUT2D eigenvalue weighted by molar-refractivity contribution is 5.69. The molecule has 0 spiro atoms. The second-order valence-electron chi connectivity index (χ2n) is 4.86. The van der Waals surface area contributed by atoms with Crippen LogP contribution in [0, 0.1) is 0 Å². The summed E-state index contributed by atoms with van der Waals surface area (Å²) >= 11 is 0. The molecule has 3 nitrogen and oxygen atoms in total. The van der Waals surface area contributed by atoms with Gasteiger partial charge in [0.25, 0.3) is 0 Å². The van der Waals surface area contributed by atoms with Crippen molar-refractivity contribution < 1.29 is 14.3 Å². The molecule has 0 bridgehead atoms. The van der Waals surface area contributed by atoms with Gasteiger partial charge in [0.05, 0.1) is 18.6 Å². The highest BCUT2D eigenvalue weighted by Gasteiger charge is 2.11. The Morgan fingerprint density at radius 1 is 1.18 bits per heavy atom. The zero-order valence-corrected chi connectivity index (χ0v) is 10.7. The molecular formula is C14H20O3. The van der Waals surface area contributed by atoms with Crippen molar-refractivity contribution >= 4 is 5.97 Å². The summed E-state index contributed by atoms with van der Waals surface area (Å²) in [5.74, 6) is -0.224. The zero-order valence-electron chi connectivity index (χ0n) is 10.7. The Morgan fingerprint density at radius 3 is 2.41 bits per heavy atom. The van der Waals surface area contributed by atoms with E-state index in [0.717, 1.165) is 5.56 Å². The molecule has 1 rings (SSSR count). The third-order valence-corrected chi connectivity index (χ3v) is 2.08. The number of hydrogen-bond acceptors (Lipinski definition) is 3. The maximum absolute atomic E-state index is 11.4. The van der Waals surface area contributed by atoms with Gasteiger partial charge in [0.1, 0.15) is 6.61 Å². The van der Waals surface area contributed by atoms with Crippen molar-refractivity contribution in [3.05, 3.63) is 35.9 Å². The van der Waals surface area contributed by atoms with Crippen molar-refractivity contribution in [1.82, 2.24) is 0 Å². The minimum Gasteiger partial charge on any atom is -0.461 e. The molecule has 94 valence electrons. The fraction of sp³-hybridized carbons (Fsp3) is 0.500. The third-order valence-electron chi connectivity index (χ3n) is 2.08. The molecule has 3 heteroatoms. The van der Waals surface area contributed by atoms with Crippen LogP contribution in [0.3, 0.4) is 0 Å². The molecule has 0 unspecified atom stereocenters. The summed E-state index contributed by atoms with van der Waals surface area (Å²) in [5, 5.41) is 0. The van der Waals surface area contributed by atoms with E-state index in [9.17, 15) is 4.79 Å². The van der Waals surface area contributed by atoms with Crippen LogP contribution >= 0.6 is 0 Å². The van der Waals surface area contributed by atoms with Crippen LogP contribution in [0.1, 0.15) is 32.8 Å². The first-order chi connectivity index (χ1) is 7.97. The minimum absolute atomic E-state index is 0.209. The lowest BCUT2D eigenvalue weighted by molar-refractivity contribution is -0.147. The SMILES string of the molecule is CC(C)(C)OCCC(=O)OCc1ccccc1. The quantitative estimate of drug-likeness (QED) is 0.737. The summed E-state index contributed by atoms with van der Waals surface area (Å²) in [5.41, 5.74) is 0.789. The molecular weight excluding hydrogens is 216 g/mol. The Bertz CT molecular complexity index is 338. The van der Waals surface area contributed by atoms with Crippen molar-refractivity contribution in [2.45, 2.75) is 39.4 Å². The third kappa shape index (κ3) is 6.74. The number of benzene rings is 1. The molecule has 0 fully saturated rings. The Morgan fingerprint density at radius 2 is 1.82 bits per heavy atom. The minimum atomic E-state index is -0.224. The molecule has 1 aromatic rings. The van der Waals surface area contributed by atoms with Gasteiger partial charge in [0.2, 0.25) is 0 Å². The number of carbonyl (C=O) groups is 1. The van der Waals surface area contributed by atoms with Crippen LogP contribution in [-0.2, 0) is 20.9 Å². The predicted molar refractivity (Wildman–Crippen MR) is 66.6 cm³/mol. The summed E-state index contributed by atoms with van der Waals surface area (Å²) in [7, 11) is 0. The van der Waals surface area contributed by atoms with Crippen molar-refractivity contribution in [2.24, 2.45) is 0 Å². The molecule has 0 saturated heterocycles. The van der Waals surface area contributed by atoms with Crippen LogP contribution in [0.5, 0.6) is 0 Å². The van der Waals surface area contributed by atoms with E-state index in [2.05, 4.69) is 0 Å². The van der Waals surface area contributed by atoms with Crippen molar-refractivity contribution in [2.75, 3.05) is 6.61 Å². The maximum atomic E-state index is 11.4. The number of hydrogen-bond donors (Lipinski definition) is 0. The fourth-order valence-electron chi connectivity index (χ4n) is 1.25. The molecule has 0 aliphatic heterocycles. The van der Waals surface area contributed by atoms with E-state index in [0.29, 0.717) is 19.6 Å². The van der Waals surface area contributed by atoms with Gasteiger partial charge in [0.15, 0.2) is 0 Å². The lowest BCUT2D eigenvalue weighted by atomic mass is 10.2. The Hall–Kier alpha value is -1.35. The largest absolute Gasteiger partial charge is 0.461 e. The van der Waals surface area contributed by atoms with Crippen LogP contribution < -0.4 is 0 Å². The summed E-state index contributed by atoms with van der Waals surface area (Å²) in [6.45, 7) is 6.61. The first-order valence-electron chi connectivity index (χ1n) is 5.81. The Kier molecular flexibility index (Phi) is 5.16. The highest BCUT2D eigenvalue weighted by Crippen LogP contribution is 2.07. The zero-order chi connectivity index (χ0) is 12.7. The van der Waals surface area contributed by atoms with E-state index in [4.69, 9.17) is 9.47 Å². The van der Waals surface area contributed by atoms with Gasteiger partial charge in [0, 0.05) is 0 Å². The Balaban J connectivity index is 2.18. The summed E-state index contributed by atoms with van der Waals surface area (Å²) in [6.07, 6.45) is 0.296. The lowest BCUT2D eigenvalue weighted by Gasteiger charge is -2.18. The maximum Gasteiger partial charge on any atom is 0.308 e. The fourth-order valence-corrected chi connectivity index (χ4v) is 1.25. The average molecular weight is 236 g/mol. The van der Waals surface area contributed by atoms with E-state index < -0.39 is 0 Å². The standard InChI is InChI=1S/C14H20O3/c1-14(2,3)17-10-9-13(15)16-11-12-7-5-4-6-8-12/h4-8H,9-11H2,1-3H3. The predicted octanol–water partition coefficient (Wildman–Crippen LogP) is 2.94. The number of esters is 1. The van der Waals surface area contributed by atoms with Gasteiger partial charge >= 0.3 is 5.97 Å². The van der Waals surface area contributed by atoms with E-state index in [-0.39, 0.29) is 11.6 Å². The van der Waals surface area contributed by atoms with Crippen molar-refractivity contribution in [3.63, 3.8) is 0 Å². The van der Waals surface area contributed by atoms with Crippen molar-refractivity contribution in [3.8, 4) is 0 Å². The van der Waals surface area contributed by atoms with E-state index in [1.807, 2.05) is 51.1 Å². The lowest BCUT2D eigenvalue weighted by Crippen LogP contribution is -2.21. The van der Waals surface area contributed by atoms with E-state index in [1.165, 1.54) is 0 Å². The summed E-state index contributed by atoms with van der Waals surface area (Å²) in [6, 6.07) is 9.64. The second-order valence-corrected chi connectivity index (χ2v) is 4.86. The average Bonchev–Trinajstić information content (AvgIpc) is 2.26. The molecule has 0 aliphatic carbocycles. The molecule has 0 heterocycles.